The van der Waals surface area contributed by atoms with Crippen LogP contribution in [-0.4, -0.2) is 12.0 Å². The van der Waals surface area contributed by atoms with Gasteiger partial charge in [-0.1, -0.05) is 0 Å². The second kappa shape index (κ2) is 4.56. The van der Waals surface area contributed by atoms with E-state index in [-0.39, 0.29) is 5.56 Å². The smallest absolute Gasteiger partial charge is 0.311 e. The fraction of sp³-hybridized carbons (Fsp3) is 0.455. The number of nitrogens with one attached hydrogen (secondary N) is 1. The van der Waals surface area contributed by atoms with Crippen LogP contribution >= 0.6 is 0 Å². The molecule has 100 valence electrons. The van der Waals surface area contributed by atoms with Gasteiger partial charge in [-0.25, -0.2) is 0 Å². The third-order valence-electron chi connectivity index (χ3n) is 2.80. The first kappa shape index (κ1) is 14.4. The molecule has 0 fully saturated rings. The summed E-state index contributed by atoms with van der Waals surface area (Å²) in [5.74, 6) is 0. The Morgan fingerprint density at radius 3 is 2.06 bits per heavy atom. The van der Waals surface area contributed by atoms with E-state index in [0.717, 1.165) is 12.1 Å². The van der Waals surface area contributed by atoms with E-state index in [1.807, 2.05) is 0 Å². The number of nitro benzene ring substituents is 1. The number of nitrogens with zero attached hydrogens (tertiary/aromatic N) is 1. The Labute approximate surface area is 102 Å². The van der Waals surface area contributed by atoms with Crippen LogP contribution in [-0.2, 0) is 11.7 Å². The molecule has 7 heteroatoms. The molecule has 4 nitrogen and oxygen atoms in total. The zero-order chi connectivity index (χ0) is 14.1. The molecule has 0 spiro atoms. The summed E-state index contributed by atoms with van der Waals surface area (Å²) in [6, 6.07) is 2.60. The first-order valence-corrected chi connectivity index (χ1v) is 5.14. The molecule has 0 bridgehead atoms. The van der Waals surface area contributed by atoms with Gasteiger partial charge in [0.1, 0.15) is 0 Å². The highest BCUT2D eigenvalue weighted by Crippen LogP contribution is 2.35. The van der Waals surface area contributed by atoms with Crippen molar-refractivity contribution in [3.05, 3.63) is 39.4 Å². The summed E-state index contributed by atoms with van der Waals surface area (Å²) in [5, 5.41) is 13.5. The molecule has 0 heterocycles. The van der Waals surface area contributed by atoms with E-state index in [2.05, 4.69) is 5.32 Å². The van der Waals surface area contributed by atoms with Crippen LogP contribution in [0.25, 0.3) is 0 Å². The Morgan fingerprint density at radius 2 is 1.67 bits per heavy atom. The van der Waals surface area contributed by atoms with Crippen LogP contribution in [0, 0.1) is 10.1 Å². The van der Waals surface area contributed by atoms with Gasteiger partial charge >= 0.3 is 6.18 Å². The highest BCUT2D eigenvalue weighted by atomic mass is 19.4. The molecule has 1 aromatic rings. The molecule has 1 rings (SSSR count). The van der Waals surface area contributed by atoms with Crippen LogP contribution in [0.2, 0.25) is 0 Å². The van der Waals surface area contributed by atoms with Gasteiger partial charge in [0, 0.05) is 17.7 Å². The van der Waals surface area contributed by atoms with Crippen LogP contribution in [0.3, 0.4) is 0 Å². The summed E-state index contributed by atoms with van der Waals surface area (Å²) >= 11 is 0. The molecular weight excluding hydrogens is 249 g/mol. The highest BCUT2D eigenvalue weighted by Gasteiger charge is 2.34. The maximum absolute atomic E-state index is 12.7. The zero-order valence-electron chi connectivity index (χ0n) is 10.1. The number of non-ortho nitro benzene ring substituents is 1. The Morgan fingerprint density at radius 1 is 1.17 bits per heavy atom. The van der Waals surface area contributed by atoms with E-state index in [9.17, 15) is 23.3 Å². The van der Waals surface area contributed by atoms with Crippen molar-refractivity contribution in [1.82, 2.24) is 5.32 Å². The van der Waals surface area contributed by atoms with E-state index in [1.54, 1.807) is 20.9 Å². The zero-order valence-corrected chi connectivity index (χ0v) is 10.1. The van der Waals surface area contributed by atoms with Crippen LogP contribution < -0.4 is 5.32 Å². The Bertz CT molecular complexity index is 470. The number of halogens is 3. The molecule has 0 unspecified atom stereocenters. The standard InChI is InChI=1S/C11H13F3N2O2/c1-10(2,15-3)7-4-8(11(12,13)14)6-9(5-7)16(17)18/h4-6,15H,1-3H3. The molecule has 0 aliphatic rings. The van der Waals surface area contributed by atoms with Crippen LogP contribution in [0.15, 0.2) is 18.2 Å². The van der Waals surface area contributed by atoms with Gasteiger partial charge in [0.2, 0.25) is 0 Å². The maximum Gasteiger partial charge on any atom is 0.416 e. The largest absolute Gasteiger partial charge is 0.416 e. The van der Waals surface area contributed by atoms with E-state index in [0.29, 0.717) is 6.07 Å². The van der Waals surface area contributed by atoms with Crippen molar-refractivity contribution in [2.45, 2.75) is 25.6 Å². The molecule has 0 atom stereocenters. The quantitative estimate of drug-likeness (QED) is 0.672. The van der Waals surface area contributed by atoms with Crippen molar-refractivity contribution in [2.75, 3.05) is 7.05 Å². The normalized spacial score (nSPS) is 12.6. The minimum Gasteiger partial charge on any atom is -0.311 e. The first-order valence-electron chi connectivity index (χ1n) is 5.14. The number of hydrogen-bond acceptors (Lipinski definition) is 3. The lowest BCUT2D eigenvalue weighted by molar-refractivity contribution is -0.385. The van der Waals surface area contributed by atoms with E-state index in [4.69, 9.17) is 0 Å². The van der Waals surface area contributed by atoms with Gasteiger partial charge in [0.15, 0.2) is 0 Å². The summed E-state index contributed by atoms with van der Waals surface area (Å²) < 4.78 is 38.0. The van der Waals surface area contributed by atoms with Gasteiger partial charge in [-0.2, -0.15) is 13.2 Å². The predicted molar refractivity (Wildman–Crippen MR) is 60.2 cm³/mol. The molecule has 0 amide bonds. The monoisotopic (exact) mass is 262 g/mol. The van der Waals surface area contributed by atoms with Gasteiger partial charge in [-0.3, -0.25) is 10.1 Å². The topological polar surface area (TPSA) is 55.2 Å². The van der Waals surface area contributed by atoms with E-state index < -0.39 is 27.9 Å². The molecule has 18 heavy (non-hydrogen) atoms. The van der Waals surface area contributed by atoms with Crippen molar-refractivity contribution in [2.24, 2.45) is 0 Å². The Balaban J connectivity index is 3.46. The predicted octanol–water partition coefficient (Wildman–Crippen LogP) is 3.07. The average molecular weight is 262 g/mol. The number of hydrogen-bond donors (Lipinski definition) is 1. The van der Waals surface area contributed by atoms with Crippen LogP contribution in [0.4, 0.5) is 18.9 Å². The van der Waals surface area contributed by atoms with Gasteiger partial charge in [-0.15, -0.1) is 0 Å². The van der Waals surface area contributed by atoms with Gasteiger partial charge in [0.05, 0.1) is 10.5 Å². The van der Waals surface area contributed by atoms with E-state index in [1.165, 1.54) is 0 Å². The minimum absolute atomic E-state index is 0.214. The summed E-state index contributed by atoms with van der Waals surface area (Å²) in [7, 11) is 1.58. The van der Waals surface area contributed by atoms with Gasteiger partial charge in [-0.05, 0) is 32.5 Å². The first-order chi connectivity index (χ1) is 8.08. The molecule has 0 aliphatic carbocycles. The molecular formula is C11H13F3N2O2. The van der Waals surface area contributed by atoms with Crippen molar-refractivity contribution in [1.29, 1.82) is 0 Å². The Hall–Kier alpha value is -1.63. The third kappa shape index (κ3) is 2.98. The van der Waals surface area contributed by atoms with Crippen molar-refractivity contribution < 1.29 is 18.1 Å². The maximum atomic E-state index is 12.7. The third-order valence-corrected chi connectivity index (χ3v) is 2.80. The Kier molecular flexibility index (Phi) is 3.66. The van der Waals surface area contributed by atoms with Crippen molar-refractivity contribution in [3.8, 4) is 0 Å². The molecule has 0 aromatic heterocycles. The van der Waals surface area contributed by atoms with Gasteiger partial charge < -0.3 is 5.32 Å². The number of alkyl halides is 3. The number of nitro groups is 1. The fourth-order valence-electron chi connectivity index (χ4n) is 1.39. The lowest BCUT2D eigenvalue weighted by Crippen LogP contribution is -2.33. The van der Waals surface area contributed by atoms with E-state index >= 15 is 0 Å². The SMILES string of the molecule is CNC(C)(C)c1cc([N+](=O)[O-])cc(C(F)(F)F)c1. The highest BCUT2D eigenvalue weighted by molar-refractivity contribution is 5.43. The lowest BCUT2D eigenvalue weighted by atomic mass is 9.92. The second-order valence-electron chi connectivity index (χ2n) is 4.40. The minimum atomic E-state index is -4.61. The van der Waals surface area contributed by atoms with Gasteiger partial charge in [0.25, 0.3) is 5.69 Å². The number of rotatable bonds is 3. The summed E-state index contributed by atoms with van der Waals surface area (Å²) in [6.45, 7) is 3.29. The molecule has 0 saturated carbocycles. The van der Waals surface area contributed by atoms with Crippen LogP contribution in [0.5, 0.6) is 0 Å². The van der Waals surface area contributed by atoms with Crippen molar-refractivity contribution in [3.63, 3.8) is 0 Å². The molecule has 0 radical (unpaired) electrons. The summed E-state index contributed by atoms with van der Waals surface area (Å²) in [6.07, 6.45) is -4.61. The van der Waals surface area contributed by atoms with Crippen molar-refractivity contribution >= 4 is 5.69 Å². The lowest BCUT2D eigenvalue weighted by Gasteiger charge is -2.25. The summed E-state index contributed by atoms with van der Waals surface area (Å²) in [5.41, 5.74) is -2.16. The second-order valence-corrected chi connectivity index (χ2v) is 4.40. The molecule has 0 saturated heterocycles. The molecule has 0 aliphatic heterocycles. The number of benzene rings is 1. The molecule has 1 N–H and O–H groups in total. The summed E-state index contributed by atoms with van der Waals surface area (Å²) in [4.78, 5) is 9.84. The fourth-order valence-corrected chi connectivity index (χ4v) is 1.39. The molecule has 1 aromatic carbocycles. The van der Waals surface area contributed by atoms with Crippen LogP contribution in [0.1, 0.15) is 25.0 Å². The average Bonchev–Trinajstić information content (AvgIpc) is 2.27.